The number of nitrogens with zero attached hydrogens (tertiary/aromatic N) is 5. The fourth-order valence-corrected chi connectivity index (χ4v) is 1.19. The Balaban J connectivity index is 1.97. The number of anilines is 2. The Bertz CT molecular complexity index is 513. The van der Waals surface area contributed by atoms with Gasteiger partial charge in [0, 0.05) is 26.4 Å². The number of rotatable bonds is 5. The van der Waals surface area contributed by atoms with E-state index in [1.807, 2.05) is 14.1 Å². The highest BCUT2D eigenvalue weighted by molar-refractivity contribution is 5.28. The molecule has 0 bridgehead atoms. The van der Waals surface area contributed by atoms with Crippen LogP contribution in [-0.2, 0) is 6.54 Å². The summed E-state index contributed by atoms with van der Waals surface area (Å²) in [4.78, 5) is 14.1. The Hall–Kier alpha value is -2.38. The molecule has 2 aromatic heterocycles. The molecule has 96 valence electrons. The van der Waals surface area contributed by atoms with E-state index < -0.39 is 0 Å². The summed E-state index contributed by atoms with van der Waals surface area (Å²) < 4.78 is 10.0. The van der Waals surface area contributed by atoms with Gasteiger partial charge in [-0.3, -0.25) is 0 Å². The van der Waals surface area contributed by atoms with Gasteiger partial charge in [-0.05, 0) is 5.16 Å². The Morgan fingerprint density at radius 3 is 2.89 bits per heavy atom. The molecule has 0 saturated heterocycles. The van der Waals surface area contributed by atoms with Crippen LogP contribution < -0.4 is 15.0 Å². The molecular formula is C10H14N6O2. The van der Waals surface area contributed by atoms with Crippen LogP contribution in [0.3, 0.4) is 0 Å². The normalized spacial score (nSPS) is 10.2. The van der Waals surface area contributed by atoms with Crippen molar-refractivity contribution in [2.75, 3.05) is 31.4 Å². The van der Waals surface area contributed by atoms with Gasteiger partial charge in [-0.2, -0.15) is 9.97 Å². The zero-order valence-corrected chi connectivity index (χ0v) is 10.4. The van der Waals surface area contributed by atoms with Crippen molar-refractivity contribution >= 4 is 11.9 Å². The molecule has 2 heterocycles. The fourth-order valence-electron chi connectivity index (χ4n) is 1.19. The molecule has 0 radical (unpaired) electrons. The van der Waals surface area contributed by atoms with Crippen LogP contribution in [0.5, 0.6) is 5.88 Å². The molecule has 2 aromatic rings. The smallest absolute Gasteiger partial charge is 0.265 e. The number of aromatic nitrogens is 4. The summed E-state index contributed by atoms with van der Waals surface area (Å²) in [6.07, 6.45) is 1.60. The van der Waals surface area contributed by atoms with E-state index >= 15 is 0 Å². The first-order valence-electron chi connectivity index (χ1n) is 5.30. The van der Waals surface area contributed by atoms with E-state index in [0.29, 0.717) is 30.2 Å². The second-order valence-electron chi connectivity index (χ2n) is 3.66. The monoisotopic (exact) mass is 250 g/mol. The fraction of sp³-hybridized carbons (Fsp3) is 0.400. The minimum Gasteiger partial charge on any atom is -0.481 e. The molecule has 0 unspecified atom stereocenters. The summed E-state index contributed by atoms with van der Waals surface area (Å²) in [5.74, 6) is 1.93. The van der Waals surface area contributed by atoms with Gasteiger partial charge in [-0.25, -0.2) is 4.98 Å². The third kappa shape index (κ3) is 2.84. The second-order valence-corrected chi connectivity index (χ2v) is 3.66. The molecule has 0 aliphatic rings. The molecule has 8 heteroatoms. The van der Waals surface area contributed by atoms with E-state index in [-0.39, 0.29) is 0 Å². The van der Waals surface area contributed by atoms with Gasteiger partial charge in [-0.15, -0.1) is 0 Å². The minimum absolute atomic E-state index is 0.355. The van der Waals surface area contributed by atoms with Crippen LogP contribution in [0.25, 0.3) is 0 Å². The van der Waals surface area contributed by atoms with Gasteiger partial charge in [0.25, 0.3) is 5.95 Å². The van der Waals surface area contributed by atoms with Gasteiger partial charge in [-0.1, -0.05) is 0 Å². The van der Waals surface area contributed by atoms with E-state index in [1.54, 1.807) is 24.3 Å². The summed E-state index contributed by atoms with van der Waals surface area (Å²) >= 11 is 0. The minimum atomic E-state index is 0.355. The number of ether oxygens (including phenoxy) is 1. The predicted octanol–water partition coefficient (Wildman–Crippen LogP) is 0.546. The van der Waals surface area contributed by atoms with Crippen LogP contribution in [0.15, 0.2) is 16.8 Å². The highest BCUT2D eigenvalue weighted by Crippen LogP contribution is 2.09. The second kappa shape index (κ2) is 5.30. The van der Waals surface area contributed by atoms with Gasteiger partial charge in [0.15, 0.2) is 0 Å². The van der Waals surface area contributed by atoms with E-state index in [2.05, 4.69) is 25.4 Å². The van der Waals surface area contributed by atoms with Crippen molar-refractivity contribution in [2.45, 2.75) is 6.54 Å². The molecule has 0 amide bonds. The molecule has 1 N–H and O–H groups in total. The quantitative estimate of drug-likeness (QED) is 0.822. The molecule has 0 saturated carbocycles. The maximum atomic E-state index is 5.05. The zero-order valence-electron chi connectivity index (χ0n) is 10.4. The highest BCUT2D eigenvalue weighted by atomic mass is 16.5. The average Bonchev–Trinajstić information content (AvgIpc) is 2.85. The summed E-state index contributed by atoms with van der Waals surface area (Å²) in [5.41, 5.74) is 0. The Kier molecular flexibility index (Phi) is 3.56. The largest absolute Gasteiger partial charge is 0.481 e. The third-order valence-corrected chi connectivity index (χ3v) is 2.09. The van der Waals surface area contributed by atoms with Crippen molar-refractivity contribution in [3.05, 3.63) is 18.2 Å². The van der Waals surface area contributed by atoms with E-state index in [4.69, 9.17) is 9.26 Å². The average molecular weight is 250 g/mol. The zero-order chi connectivity index (χ0) is 13.0. The van der Waals surface area contributed by atoms with Crippen molar-refractivity contribution in [2.24, 2.45) is 0 Å². The van der Waals surface area contributed by atoms with Gasteiger partial charge in [0.2, 0.25) is 17.7 Å². The molecule has 18 heavy (non-hydrogen) atoms. The van der Waals surface area contributed by atoms with Gasteiger partial charge < -0.3 is 19.5 Å². The highest BCUT2D eigenvalue weighted by Gasteiger charge is 2.08. The molecule has 0 aliphatic heterocycles. The SMILES string of the molecule is COc1ccnc(NCc2nc(N(C)C)no2)n1. The first kappa shape index (κ1) is 12.1. The predicted molar refractivity (Wildman–Crippen MR) is 64.5 cm³/mol. The Labute approximate surface area is 104 Å². The van der Waals surface area contributed by atoms with Crippen molar-refractivity contribution in [1.29, 1.82) is 0 Å². The summed E-state index contributed by atoms with van der Waals surface area (Å²) in [5, 5.41) is 6.77. The maximum Gasteiger partial charge on any atom is 0.265 e. The first-order valence-corrected chi connectivity index (χ1v) is 5.30. The number of nitrogens with one attached hydrogen (secondary N) is 1. The van der Waals surface area contributed by atoms with Crippen LogP contribution in [0.2, 0.25) is 0 Å². The molecular weight excluding hydrogens is 236 g/mol. The molecule has 0 fully saturated rings. The van der Waals surface area contributed by atoms with Crippen LogP contribution in [0, 0.1) is 0 Å². The van der Waals surface area contributed by atoms with Crippen molar-refractivity contribution < 1.29 is 9.26 Å². The van der Waals surface area contributed by atoms with E-state index in [1.165, 1.54) is 0 Å². The first-order chi connectivity index (χ1) is 8.69. The van der Waals surface area contributed by atoms with Gasteiger partial charge in [0.05, 0.1) is 13.7 Å². The lowest BCUT2D eigenvalue weighted by Crippen LogP contribution is -2.10. The van der Waals surface area contributed by atoms with Crippen molar-refractivity contribution in [3.8, 4) is 5.88 Å². The van der Waals surface area contributed by atoms with Crippen LogP contribution in [0.1, 0.15) is 5.89 Å². The molecule has 0 atom stereocenters. The molecule has 2 rings (SSSR count). The van der Waals surface area contributed by atoms with Crippen LogP contribution >= 0.6 is 0 Å². The lowest BCUT2D eigenvalue weighted by molar-refractivity contribution is 0.382. The number of hydrogen-bond donors (Lipinski definition) is 1. The van der Waals surface area contributed by atoms with Gasteiger partial charge >= 0.3 is 0 Å². The molecule has 0 aromatic carbocycles. The van der Waals surface area contributed by atoms with Crippen LogP contribution in [-0.4, -0.2) is 41.3 Å². The topological polar surface area (TPSA) is 89.2 Å². The van der Waals surface area contributed by atoms with Crippen molar-refractivity contribution in [1.82, 2.24) is 20.1 Å². The molecule has 0 spiro atoms. The lowest BCUT2D eigenvalue weighted by Gasteiger charge is -2.03. The lowest BCUT2D eigenvalue weighted by atomic mass is 10.6. The number of methoxy groups -OCH3 is 1. The van der Waals surface area contributed by atoms with Gasteiger partial charge in [0.1, 0.15) is 0 Å². The van der Waals surface area contributed by atoms with E-state index in [9.17, 15) is 0 Å². The molecule has 8 nitrogen and oxygen atoms in total. The number of hydrogen-bond acceptors (Lipinski definition) is 8. The summed E-state index contributed by atoms with van der Waals surface area (Å²) in [6.45, 7) is 0.355. The van der Waals surface area contributed by atoms with Crippen LogP contribution in [0.4, 0.5) is 11.9 Å². The third-order valence-electron chi connectivity index (χ3n) is 2.09. The van der Waals surface area contributed by atoms with E-state index in [0.717, 1.165) is 0 Å². The Morgan fingerprint density at radius 2 is 2.22 bits per heavy atom. The molecule has 0 aliphatic carbocycles. The van der Waals surface area contributed by atoms with Crippen molar-refractivity contribution in [3.63, 3.8) is 0 Å². The summed E-state index contributed by atoms with van der Waals surface area (Å²) in [7, 11) is 5.23. The summed E-state index contributed by atoms with van der Waals surface area (Å²) in [6, 6.07) is 1.67. The Morgan fingerprint density at radius 1 is 1.39 bits per heavy atom. The standard InChI is InChI=1S/C10H14N6O2/c1-16(2)10-14-8(18-15-10)6-12-9-11-5-4-7(13-9)17-3/h4-5H,6H2,1-3H3,(H,11,12,13). The maximum absolute atomic E-state index is 5.05.